The van der Waals surface area contributed by atoms with Crippen LogP contribution in [0.5, 0.6) is 5.75 Å². The highest BCUT2D eigenvalue weighted by Crippen LogP contribution is 2.32. The SMILES string of the molecule is Fc1ccc(CNCc2cc(Br)cc3c2OCC3)cc1F. The van der Waals surface area contributed by atoms with Gasteiger partial charge in [0, 0.05) is 29.5 Å². The van der Waals surface area contributed by atoms with Gasteiger partial charge in [0.2, 0.25) is 0 Å². The van der Waals surface area contributed by atoms with Crippen molar-refractivity contribution in [1.82, 2.24) is 5.32 Å². The van der Waals surface area contributed by atoms with Crippen LogP contribution in [0.4, 0.5) is 8.78 Å². The molecule has 0 saturated carbocycles. The third-order valence-corrected chi connectivity index (χ3v) is 3.91. The van der Waals surface area contributed by atoms with E-state index in [0.29, 0.717) is 25.3 Å². The smallest absolute Gasteiger partial charge is 0.159 e. The molecule has 2 nitrogen and oxygen atoms in total. The summed E-state index contributed by atoms with van der Waals surface area (Å²) in [4.78, 5) is 0. The summed E-state index contributed by atoms with van der Waals surface area (Å²) >= 11 is 3.50. The molecular weight excluding hydrogens is 340 g/mol. The van der Waals surface area contributed by atoms with E-state index in [9.17, 15) is 8.78 Å². The number of ether oxygens (including phenoxy) is 1. The van der Waals surface area contributed by atoms with Crippen LogP contribution in [0.2, 0.25) is 0 Å². The molecule has 0 unspecified atom stereocenters. The van der Waals surface area contributed by atoms with Crippen molar-refractivity contribution in [3.8, 4) is 5.75 Å². The molecule has 0 aromatic heterocycles. The number of nitrogens with one attached hydrogen (secondary N) is 1. The molecule has 0 aliphatic carbocycles. The second kappa shape index (κ2) is 6.12. The third kappa shape index (κ3) is 3.24. The Morgan fingerprint density at radius 1 is 1.10 bits per heavy atom. The molecule has 0 amide bonds. The van der Waals surface area contributed by atoms with Gasteiger partial charge in [-0.3, -0.25) is 0 Å². The first kappa shape index (κ1) is 14.5. The lowest BCUT2D eigenvalue weighted by atomic mass is 10.1. The summed E-state index contributed by atoms with van der Waals surface area (Å²) in [5.74, 6) is -0.700. The molecular formula is C16H14BrF2NO. The maximum absolute atomic E-state index is 13.1. The zero-order chi connectivity index (χ0) is 14.8. The molecule has 0 bridgehead atoms. The Hall–Kier alpha value is -1.46. The zero-order valence-corrected chi connectivity index (χ0v) is 12.8. The Bertz CT molecular complexity index is 676. The zero-order valence-electron chi connectivity index (χ0n) is 11.3. The molecule has 2 aromatic rings. The first-order valence-electron chi connectivity index (χ1n) is 6.72. The Morgan fingerprint density at radius 2 is 1.95 bits per heavy atom. The highest BCUT2D eigenvalue weighted by Gasteiger charge is 2.17. The van der Waals surface area contributed by atoms with Crippen molar-refractivity contribution in [2.75, 3.05) is 6.61 Å². The Kier molecular flexibility index (Phi) is 4.22. The average molecular weight is 354 g/mol. The number of rotatable bonds is 4. The Morgan fingerprint density at radius 3 is 2.76 bits per heavy atom. The first-order chi connectivity index (χ1) is 10.1. The number of halogens is 3. The maximum Gasteiger partial charge on any atom is 0.159 e. The van der Waals surface area contributed by atoms with Crippen molar-refractivity contribution < 1.29 is 13.5 Å². The number of hydrogen-bond donors (Lipinski definition) is 1. The van der Waals surface area contributed by atoms with Gasteiger partial charge in [0.1, 0.15) is 5.75 Å². The number of fused-ring (bicyclic) bond motifs is 1. The van der Waals surface area contributed by atoms with Gasteiger partial charge < -0.3 is 10.1 Å². The van der Waals surface area contributed by atoms with Crippen LogP contribution in [0.15, 0.2) is 34.8 Å². The molecule has 2 aromatic carbocycles. The van der Waals surface area contributed by atoms with E-state index >= 15 is 0 Å². The van der Waals surface area contributed by atoms with Crippen molar-refractivity contribution >= 4 is 15.9 Å². The van der Waals surface area contributed by atoms with Crippen LogP contribution in [-0.4, -0.2) is 6.61 Å². The van der Waals surface area contributed by atoms with E-state index in [-0.39, 0.29) is 0 Å². The monoisotopic (exact) mass is 353 g/mol. The van der Waals surface area contributed by atoms with Crippen LogP contribution >= 0.6 is 15.9 Å². The summed E-state index contributed by atoms with van der Waals surface area (Å²) in [6.07, 6.45) is 0.922. The van der Waals surface area contributed by atoms with Gasteiger partial charge in [-0.05, 0) is 35.4 Å². The quantitative estimate of drug-likeness (QED) is 0.898. The van der Waals surface area contributed by atoms with Crippen LogP contribution in [0.1, 0.15) is 16.7 Å². The summed E-state index contributed by atoms with van der Waals surface area (Å²) < 4.78 is 32.7. The van der Waals surface area contributed by atoms with E-state index in [1.807, 2.05) is 6.07 Å². The van der Waals surface area contributed by atoms with Gasteiger partial charge in [0.15, 0.2) is 11.6 Å². The molecule has 0 saturated heterocycles. The molecule has 1 aliphatic heterocycles. The second-order valence-electron chi connectivity index (χ2n) is 5.00. The number of benzene rings is 2. The minimum absolute atomic E-state index is 0.471. The fraction of sp³-hybridized carbons (Fsp3) is 0.250. The van der Waals surface area contributed by atoms with E-state index < -0.39 is 11.6 Å². The summed E-state index contributed by atoms with van der Waals surface area (Å²) in [7, 11) is 0. The predicted molar refractivity (Wildman–Crippen MR) is 80.2 cm³/mol. The topological polar surface area (TPSA) is 21.3 Å². The van der Waals surface area contributed by atoms with Crippen molar-refractivity contribution in [3.63, 3.8) is 0 Å². The molecule has 5 heteroatoms. The molecule has 1 aliphatic rings. The van der Waals surface area contributed by atoms with E-state index in [2.05, 4.69) is 27.3 Å². The van der Waals surface area contributed by atoms with Crippen molar-refractivity contribution in [1.29, 1.82) is 0 Å². The largest absolute Gasteiger partial charge is 0.493 e. The highest BCUT2D eigenvalue weighted by molar-refractivity contribution is 9.10. The molecule has 1 N–H and O–H groups in total. The van der Waals surface area contributed by atoms with Crippen LogP contribution in [0, 0.1) is 11.6 Å². The van der Waals surface area contributed by atoms with Gasteiger partial charge in [-0.25, -0.2) is 8.78 Å². The van der Waals surface area contributed by atoms with E-state index in [0.717, 1.165) is 28.3 Å². The lowest BCUT2D eigenvalue weighted by Crippen LogP contribution is -2.13. The molecule has 0 atom stereocenters. The lowest BCUT2D eigenvalue weighted by Gasteiger charge is -2.10. The van der Waals surface area contributed by atoms with Crippen LogP contribution in [0.25, 0.3) is 0 Å². The molecule has 0 spiro atoms. The normalized spacial score (nSPS) is 13.1. The maximum atomic E-state index is 13.1. The van der Waals surface area contributed by atoms with Crippen LogP contribution < -0.4 is 10.1 Å². The molecule has 110 valence electrons. The van der Waals surface area contributed by atoms with Crippen molar-refractivity contribution in [2.24, 2.45) is 0 Å². The molecule has 3 rings (SSSR count). The minimum Gasteiger partial charge on any atom is -0.493 e. The minimum atomic E-state index is -0.822. The Balaban J connectivity index is 1.67. The fourth-order valence-corrected chi connectivity index (χ4v) is 3.02. The van der Waals surface area contributed by atoms with Gasteiger partial charge in [-0.1, -0.05) is 22.0 Å². The summed E-state index contributed by atoms with van der Waals surface area (Å²) in [6, 6.07) is 8.02. The number of hydrogen-bond acceptors (Lipinski definition) is 2. The fourth-order valence-electron chi connectivity index (χ4n) is 2.47. The van der Waals surface area contributed by atoms with E-state index in [1.165, 1.54) is 11.6 Å². The first-order valence-corrected chi connectivity index (χ1v) is 7.51. The van der Waals surface area contributed by atoms with Gasteiger partial charge >= 0.3 is 0 Å². The average Bonchev–Trinajstić information content (AvgIpc) is 2.91. The molecule has 0 fully saturated rings. The van der Waals surface area contributed by atoms with E-state index in [4.69, 9.17) is 4.74 Å². The third-order valence-electron chi connectivity index (χ3n) is 3.45. The standard InChI is InChI=1S/C16H14BrF2NO/c17-13-6-11-3-4-21-16(11)12(7-13)9-20-8-10-1-2-14(18)15(19)5-10/h1-2,5-7,20H,3-4,8-9H2. The van der Waals surface area contributed by atoms with E-state index in [1.54, 1.807) is 6.07 Å². The molecule has 0 radical (unpaired) electrons. The second-order valence-corrected chi connectivity index (χ2v) is 5.92. The lowest BCUT2D eigenvalue weighted by molar-refractivity contribution is 0.352. The van der Waals surface area contributed by atoms with Crippen LogP contribution in [-0.2, 0) is 19.5 Å². The van der Waals surface area contributed by atoms with Crippen molar-refractivity contribution in [3.05, 3.63) is 63.1 Å². The molecule has 1 heterocycles. The van der Waals surface area contributed by atoms with Crippen molar-refractivity contribution in [2.45, 2.75) is 19.5 Å². The van der Waals surface area contributed by atoms with Gasteiger partial charge in [0.25, 0.3) is 0 Å². The van der Waals surface area contributed by atoms with Gasteiger partial charge in [0.05, 0.1) is 6.61 Å². The van der Waals surface area contributed by atoms with Crippen LogP contribution in [0.3, 0.4) is 0 Å². The van der Waals surface area contributed by atoms with Gasteiger partial charge in [-0.15, -0.1) is 0 Å². The summed E-state index contributed by atoms with van der Waals surface area (Å²) in [5, 5.41) is 3.23. The highest BCUT2D eigenvalue weighted by atomic mass is 79.9. The summed E-state index contributed by atoms with van der Waals surface area (Å²) in [6.45, 7) is 1.79. The predicted octanol–water partition coefficient (Wildman–Crippen LogP) is 3.95. The summed E-state index contributed by atoms with van der Waals surface area (Å²) in [5.41, 5.74) is 2.98. The van der Waals surface area contributed by atoms with Gasteiger partial charge in [-0.2, -0.15) is 0 Å². The molecule has 21 heavy (non-hydrogen) atoms. The Labute approximate surface area is 130 Å².